The summed E-state index contributed by atoms with van der Waals surface area (Å²) in [5.41, 5.74) is 7.45. The maximum Gasteiger partial charge on any atom is 0.0991 e. The molecule has 0 atom stereocenters. The maximum absolute atomic E-state index is 8.62. The van der Waals surface area contributed by atoms with Crippen LogP contribution in [0, 0.1) is 11.3 Å². The minimum atomic E-state index is 0.367. The molecular weight excluding hydrogens is 174 g/mol. The minimum Gasteiger partial charge on any atom is -0.382 e. The molecule has 1 aromatic carbocycles. The SMILES string of the molecule is N#Cc1ccc(NC2CC(N)C2)cc1. The van der Waals surface area contributed by atoms with Crippen LogP contribution in [0.1, 0.15) is 18.4 Å². The highest BCUT2D eigenvalue weighted by Crippen LogP contribution is 2.22. The van der Waals surface area contributed by atoms with Gasteiger partial charge in [-0.2, -0.15) is 5.26 Å². The molecule has 0 aromatic heterocycles. The van der Waals surface area contributed by atoms with Crippen molar-refractivity contribution in [3.05, 3.63) is 29.8 Å². The third-order valence-corrected chi connectivity index (χ3v) is 2.56. The lowest BCUT2D eigenvalue weighted by Crippen LogP contribution is -2.44. The molecule has 0 amide bonds. The highest BCUT2D eigenvalue weighted by molar-refractivity contribution is 5.48. The van der Waals surface area contributed by atoms with Gasteiger partial charge >= 0.3 is 0 Å². The largest absolute Gasteiger partial charge is 0.382 e. The first-order valence-corrected chi connectivity index (χ1v) is 4.80. The van der Waals surface area contributed by atoms with E-state index < -0.39 is 0 Å². The number of nitrogens with zero attached hydrogens (tertiary/aromatic N) is 1. The normalized spacial score (nSPS) is 24.9. The van der Waals surface area contributed by atoms with E-state index in [2.05, 4.69) is 11.4 Å². The summed E-state index contributed by atoms with van der Waals surface area (Å²) in [6.07, 6.45) is 2.08. The van der Waals surface area contributed by atoms with Gasteiger partial charge in [-0.3, -0.25) is 0 Å². The Morgan fingerprint density at radius 3 is 2.43 bits per heavy atom. The Hall–Kier alpha value is -1.53. The average molecular weight is 187 g/mol. The Labute approximate surface area is 83.5 Å². The molecule has 72 valence electrons. The van der Waals surface area contributed by atoms with Crippen LogP contribution in [0.25, 0.3) is 0 Å². The Balaban J connectivity index is 1.94. The lowest BCUT2D eigenvalue weighted by atomic mass is 9.87. The van der Waals surface area contributed by atoms with Crippen molar-refractivity contribution in [2.75, 3.05) is 5.32 Å². The lowest BCUT2D eigenvalue weighted by molar-refractivity contribution is 0.373. The van der Waals surface area contributed by atoms with Crippen LogP contribution in [0.15, 0.2) is 24.3 Å². The fourth-order valence-corrected chi connectivity index (χ4v) is 1.66. The van der Waals surface area contributed by atoms with Crippen molar-refractivity contribution in [1.29, 1.82) is 5.26 Å². The summed E-state index contributed by atoms with van der Waals surface area (Å²) in [4.78, 5) is 0. The van der Waals surface area contributed by atoms with Gasteiger partial charge in [-0.05, 0) is 37.1 Å². The van der Waals surface area contributed by atoms with Crippen molar-refractivity contribution in [2.45, 2.75) is 24.9 Å². The standard InChI is InChI=1S/C11H13N3/c12-7-8-1-3-10(4-2-8)14-11-5-9(13)6-11/h1-4,9,11,14H,5-6,13H2. The molecular formula is C11H13N3. The molecule has 0 unspecified atom stereocenters. The first-order valence-electron chi connectivity index (χ1n) is 4.80. The van der Waals surface area contributed by atoms with Gasteiger partial charge in [0, 0.05) is 17.8 Å². The van der Waals surface area contributed by atoms with Crippen molar-refractivity contribution in [2.24, 2.45) is 5.73 Å². The van der Waals surface area contributed by atoms with Gasteiger partial charge in [0.15, 0.2) is 0 Å². The molecule has 1 aliphatic rings. The van der Waals surface area contributed by atoms with E-state index in [0.717, 1.165) is 18.5 Å². The average Bonchev–Trinajstić information content (AvgIpc) is 2.17. The lowest BCUT2D eigenvalue weighted by Gasteiger charge is -2.33. The summed E-state index contributed by atoms with van der Waals surface area (Å²) in [6, 6.07) is 10.5. The summed E-state index contributed by atoms with van der Waals surface area (Å²) in [6.45, 7) is 0. The quantitative estimate of drug-likeness (QED) is 0.736. The number of nitrogens with two attached hydrogens (primary N) is 1. The van der Waals surface area contributed by atoms with E-state index in [0.29, 0.717) is 17.6 Å². The second-order valence-corrected chi connectivity index (χ2v) is 3.76. The van der Waals surface area contributed by atoms with Crippen molar-refractivity contribution in [3.63, 3.8) is 0 Å². The number of hydrogen-bond donors (Lipinski definition) is 2. The summed E-state index contributed by atoms with van der Waals surface area (Å²) in [7, 11) is 0. The minimum absolute atomic E-state index is 0.367. The Morgan fingerprint density at radius 2 is 1.93 bits per heavy atom. The molecule has 0 saturated heterocycles. The zero-order chi connectivity index (χ0) is 9.97. The second-order valence-electron chi connectivity index (χ2n) is 3.76. The number of benzene rings is 1. The zero-order valence-corrected chi connectivity index (χ0v) is 7.90. The molecule has 1 aliphatic carbocycles. The van der Waals surface area contributed by atoms with Crippen LogP contribution in [0.4, 0.5) is 5.69 Å². The molecule has 0 aliphatic heterocycles. The van der Waals surface area contributed by atoms with E-state index >= 15 is 0 Å². The topological polar surface area (TPSA) is 61.8 Å². The molecule has 3 nitrogen and oxygen atoms in total. The maximum atomic E-state index is 8.62. The summed E-state index contributed by atoms with van der Waals surface area (Å²) in [5.74, 6) is 0. The Bertz CT molecular complexity index is 344. The highest BCUT2D eigenvalue weighted by Gasteiger charge is 2.25. The fourth-order valence-electron chi connectivity index (χ4n) is 1.66. The van der Waals surface area contributed by atoms with Gasteiger partial charge in [0.2, 0.25) is 0 Å². The molecule has 14 heavy (non-hydrogen) atoms. The first kappa shape index (κ1) is 9.04. The zero-order valence-electron chi connectivity index (χ0n) is 7.90. The van der Waals surface area contributed by atoms with Gasteiger partial charge in [-0.1, -0.05) is 0 Å². The van der Waals surface area contributed by atoms with Gasteiger partial charge in [0.05, 0.1) is 11.6 Å². The van der Waals surface area contributed by atoms with Gasteiger partial charge in [0.1, 0.15) is 0 Å². The van der Waals surface area contributed by atoms with Gasteiger partial charge < -0.3 is 11.1 Å². The molecule has 0 radical (unpaired) electrons. The van der Waals surface area contributed by atoms with Crippen molar-refractivity contribution in [3.8, 4) is 6.07 Å². The van der Waals surface area contributed by atoms with Crippen LogP contribution in [0.2, 0.25) is 0 Å². The number of rotatable bonds is 2. The van der Waals surface area contributed by atoms with Gasteiger partial charge in [-0.15, -0.1) is 0 Å². The summed E-state index contributed by atoms with van der Waals surface area (Å²) >= 11 is 0. The number of nitrogens with one attached hydrogen (secondary N) is 1. The molecule has 1 saturated carbocycles. The van der Waals surface area contributed by atoms with Crippen LogP contribution in [-0.2, 0) is 0 Å². The van der Waals surface area contributed by atoms with E-state index in [-0.39, 0.29) is 0 Å². The predicted molar refractivity (Wildman–Crippen MR) is 55.8 cm³/mol. The van der Waals surface area contributed by atoms with E-state index in [1.165, 1.54) is 0 Å². The van der Waals surface area contributed by atoms with Crippen LogP contribution in [0.5, 0.6) is 0 Å². The van der Waals surface area contributed by atoms with E-state index in [4.69, 9.17) is 11.0 Å². The molecule has 0 spiro atoms. The molecule has 3 N–H and O–H groups in total. The van der Waals surface area contributed by atoms with Gasteiger partial charge in [-0.25, -0.2) is 0 Å². The molecule has 1 aromatic rings. The first-order chi connectivity index (χ1) is 6.78. The predicted octanol–water partition coefficient (Wildman–Crippen LogP) is 1.46. The monoisotopic (exact) mass is 187 g/mol. The fraction of sp³-hybridized carbons (Fsp3) is 0.364. The van der Waals surface area contributed by atoms with E-state index in [9.17, 15) is 0 Å². The third kappa shape index (κ3) is 1.86. The molecule has 0 heterocycles. The van der Waals surface area contributed by atoms with E-state index in [1.807, 2.05) is 24.3 Å². The van der Waals surface area contributed by atoms with Crippen LogP contribution >= 0.6 is 0 Å². The second kappa shape index (κ2) is 3.69. The smallest absolute Gasteiger partial charge is 0.0991 e. The number of nitriles is 1. The van der Waals surface area contributed by atoms with Crippen molar-refractivity contribution >= 4 is 5.69 Å². The third-order valence-electron chi connectivity index (χ3n) is 2.56. The summed E-state index contributed by atoms with van der Waals surface area (Å²) in [5, 5.41) is 12.0. The van der Waals surface area contributed by atoms with Crippen molar-refractivity contribution in [1.82, 2.24) is 0 Å². The highest BCUT2D eigenvalue weighted by atomic mass is 15.0. The molecule has 0 bridgehead atoms. The summed E-state index contributed by atoms with van der Waals surface area (Å²) < 4.78 is 0. The van der Waals surface area contributed by atoms with Crippen LogP contribution in [-0.4, -0.2) is 12.1 Å². The molecule has 2 rings (SSSR count). The number of anilines is 1. The Morgan fingerprint density at radius 1 is 1.29 bits per heavy atom. The van der Waals surface area contributed by atoms with Crippen LogP contribution in [0.3, 0.4) is 0 Å². The van der Waals surface area contributed by atoms with Crippen LogP contribution < -0.4 is 11.1 Å². The number of hydrogen-bond acceptors (Lipinski definition) is 3. The van der Waals surface area contributed by atoms with E-state index in [1.54, 1.807) is 0 Å². The van der Waals surface area contributed by atoms with Crippen molar-refractivity contribution < 1.29 is 0 Å². The van der Waals surface area contributed by atoms with Gasteiger partial charge in [0.25, 0.3) is 0 Å². The Kier molecular flexibility index (Phi) is 2.38. The molecule has 3 heteroatoms. The molecule has 1 fully saturated rings.